The van der Waals surface area contributed by atoms with E-state index in [-0.39, 0.29) is 23.5 Å². The molecule has 0 aliphatic carbocycles. The number of para-hydroxylation sites is 1. The zero-order valence-electron chi connectivity index (χ0n) is 15.4. The number of hydrogen-bond acceptors (Lipinski definition) is 4. The topological polar surface area (TPSA) is 79.5 Å². The van der Waals surface area contributed by atoms with E-state index in [1.807, 2.05) is 24.3 Å². The van der Waals surface area contributed by atoms with Gasteiger partial charge in [-0.2, -0.15) is 0 Å². The zero-order valence-corrected chi connectivity index (χ0v) is 16.2. The van der Waals surface area contributed by atoms with Crippen LogP contribution in [-0.2, 0) is 4.79 Å². The summed E-state index contributed by atoms with van der Waals surface area (Å²) in [4.78, 5) is 24.2. The lowest BCUT2D eigenvalue weighted by Gasteiger charge is -2.12. The summed E-state index contributed by atoms with van der Waals surface area (Å²) in [6, 6.07) is 24.9. The van der Waals surface area contributed by atoms with E-state index in [9.17, 15) is 9.59 Å². The molecule has 3 N–H and O–H groups in total. The first-order valence-corrected chi connectivity index (χ1v) is 9.26. The number of hydrogen-bond donors (Lipinski definition) is 3. The van der Waals surface area contributed by atoms with Crippen molar-refractivity contribution in [3.05, 3.63) is 90.5 Å². The van der Waals surface area contributed by atoms with E-state index in [0.717, 1.165) is 0 Å². The first-order valence-electron chi connectivity index (χ1n) is 8.85. The maximum Gasteiger partial charge on any atom is 0.262 e. The SMILES string of the molecule is O=C(COc1ccccc1)Nc1cccc(NC(=S)NC(=O)c2ccccc2)c1. The summed E-state index contributed by atoms with van der Waals surface area (Å²) >= 11 is 5.19. The monoisotopic (exact) mass is 405 g/mol. The van der Waals surface area contributed by atoms with Crippen molar-refractivity contribution in [3.63, 3.8) is 0 Å². The van der Waals surface area contributed by atoms with Gasteiger partial charge in [0, 0.05) is 16.9 Å². The van der Waals surface area contributed by atoms with Crippen molar-refractivity contribution in [3.8, 4) is 5.75 Å². The number of thiocarbonyl (C=S) groups is 1. The summed E-state index contributed by atoms with van der Waals surface area (Å²) in [5.74, 6) is 0.0363. The van der Waals surface area contributed by atoms with E-state index >= 15 is 0 Å². The fourth-order valence-corrected chi connectivity index (χ4v) is 2.68. The Kier molecular flexibility index (Phi) is 6.91. The summed E-state index contributed by atoms with van der Waals surface area (Å²) in [7, 11) is 0. The van der Waals surface area contributed by atoms with Gasteiger partial charge in [0.25, 0.3) is 11.8 Å². The van der Waals surface area contributed by atoms with Gasteiger partial charge in [-0.3, -0.25) is 14.9 Å². The average Bonchev–Trinajstić information content (AvgIpc) is 2.74. The van der Waals surface area contributed by atoms with Gasteiger partial charge in [-0.05, 0) is 54.7 Å². The number of benzene rings is 3. The number of nitrogens with one attached hydrogen (secondary N) is 3. The minimum atomic E-state index is -0.300. The van der Waals surface area contributed by atoms with Gasteiger partial charge >= 0.3 is 0 Å². The Bertz CT molecular complexity index is 994. The predicted molar refractivity (Wildman–Crippen MR) is 117 cm³/mol. The van der Waals surface area contributed by atoms with Gasteiger partial charge in [0.1, 0.15) is 5.75 Å². The normalized spacial score (nSPS) is 9.93. The Labute approximate surface area is 173 Å². The third-order valence-electron chi connectivity index (χ3n) is 3.78. The van der Waals surface area contributed by atoms with E-state index in [1.54, 1.807) is 60.7 Å². The van der Waals surface area contributed by atoms with Crippen LogP contribution in [0.2, 0.25) is 0 Å². The van der Waals surface area contributed by atoms with Crippen LogP contribution in [-0.4, -0.2) is 23.5 Å². The molecule has 0 heterocycles. The van der Waals surface area contributed by atoms with E-state index < -0.39 is 0 Å². The van der Waals surface area contributed by atoms with E-state index in [4.69, 9.17) is 17.0 Å². The number of amides is 2. The van der Waals surface area contributed by atoms with Crippen LogP contribution in [0.1, 0.15) is 10.4 Å². The van der Waals surface area contributed by atoms with Crippen molar-refractivity contribution in [2.75, 3.05) is 17.2 Å². The fraction of sp³-hybridized carbons (Fsp3) is 0.0455. The van der Waals surface area contributed by atoms with Crippen molar-refractivity contribution in [1.29, 1.82) is 0 Å². The number of carbonyl (C=O) groups is 2. The van der Waals surface area contributed by atoms with Crippen LogP contribution in [0.15, 0.2) is 84.9 Å². The van der Waals surface area contributed by atoms with Gasteiger partial charge in [-0.1, -0.05) is 42.5 Å². The molecule has 0 bridgehead atoms. The number of ether oxygens (including phenoxy) is 1. The van der Waals surface area contributed by atoms with E-state index in [2.05, 4.69) is 16.0 Å². The molecule has 0 saturated heterocycles. The van der Waals surface area contributed by atoms with Crippen molar-refractivity contribution in [1.82, 2.24) is 5.32 Å². The number of rotatable bonds is 6. The molecule has 29 heavy (non-hydrogen) atoms. The minimum absolute atomic E-state index is 0.104. The summed E-state index contributed by atoms with van der Waals surface area (Å²) < 4.78 is 5.42. The molecular weight excluding hydrogens is 386 g/mol. The van der Waals surface area contributed by atoms with Crippen LogP contribution in [0.5, 0.6) is 5.75 Å². The summed E-state index contributed by atoms with van der Waals surface area (Å²) in [6.45, 7) is -0.104. The van der Waals surface area contributed by atoms with Gasteiger partial charge in [-0.15, -0.1) is 0 Å². The highest BCUT2D eigenvalue weighted by molar-refractivity contribution is 7.80. The van der Waals surface area contributed by atoms with Crippen LogP contribution in [0.4, 0.5) is 11.4 Å². The first kappa shape index (κ1) is 20.0. The van der Waals surface area contributed by atoms with E-state index in [1.165, 1.54) is 0 Å². The largest absolute Gasteiger partial charge is 0.484 e. The molecule has 0 saturated carbocycles. The smallest absolute Gasteiger partial charge is 0.262 e. The van der Waals surface area contributed by atoms with Gasteiger partial charge in [-0.25, -0.2) is 0 Å². The molecule has 3 aromatic rings. The second-order valence-electron chi connectivity index (χ2n) is 6.00. The fourth-order valence-electron chi connectivity index (χ4n) is 2.46. The van der Waals surface area contributed by atoms with Crippen LogP contribution < -0.4 is 20.7 Å². The molecule has 2 amide bonds. The van der Waals surface area contributed by atoms with Crippen LogP contribution in [0.25, 0.3) is 0 Å². The maximum atomic E-state index is 12.1. The van der Waals surface area contributed by atoms with Crippen molar-refractivity contribution in [2.24, 2.45) is 0 Å². The zero-order chi connectivity index (χ0) is 20.5. The highest BCUT2D eigenvalue weighted by atomic mass is 32.1. The van der Waals surface area contributed by atoms with Gasteiger partial charge in [0.15, 0.2) is 11.7 Å². The highest BCUT2D eigenvalue weighted by Gasteiger charge is 2.08. The lowest BCUT2D eigenvalue weighted by Crippen LogP contribution is -2.34. The van der Waals surface area contributed by atoms with Crippen LogP contribution in [0, 0.1) is 0 Å². The lowest BCUT2D eigenvalue weighted by atomic mass is 10.2. The number of anilines is 2. The average molecular weight is 405 g/mol. The van der Waals surface area contributed by atoms with E-state index in [0.29, 0.717) is 22.7 Å². The standard InChI is InChI=1S/C22H19N3O3S/c26-20(15-28-19-12-5-2-6-13-19)23-17-10-7-11-18(14-17)24-22(29)25-21(27)16-8-3-1-4-9-16/h1-14H,15H2,(H,23,26)(H2,24,25,27,29). The van der Waals surface area contributed by atoms with Crippen molar-refractivity contribution < 1.29 is 14.3 Å². The summed E-state index contributed by atoms with van der Waals surface area (Å²) in [5, 5.41) is 8.47. The highest BCUT2D eigenvalue weighted by Crippen LogP contribution is 2.15. The quantitative estimate of drug-likeness (QED) is 0.543. The van der Waals surface area contributed by atoms with Gasteiger partial charge < -0.3 is 15.4 Å². The molecule has 0 radical (unpaired) electrons. The second kappa shape index (κ2) is 10.0. The van der Waals surface area contributed by atoms with Gasteiger partial charge in [0.2, 0.25) is 0 Å². The Balaban J connectivity index is 1.51. The van der Waals surface area contributed by atoms with Crippen LogP contribution in [0.3, 0.4) is 0 Å². The Morgan fingerprint density at radius 3 is 2.10 bits per heavy atom. The molecule has 0 unspecified atom stereocenters. The predicted octanol–water partition coefficient (Wildman–Crippen LogP) is 3.83. The maximum absolute atomic E-state index is 12.1. The minimum Gasteiger partial charge on any atom is -0.484 e. The Hall–Kier alpha value is -3.71. The second-order valence-corrected chi connectivity index (χ2v) is 6.41. The lowest BCUT2D eigenvalue weighted by molar-refractivity contribution is -0.118. The molecule has 0 aliphatic rings. The van der Waals surface area contributed by atoms with Crippen molar-refractivity contribution >= 4 is 40.5 Å². The molecule has 7 heteroatoms. The van der Waals surface area contributed by atoms with Crippen molar-refractivity contribution in [2.45, 2.75) is 0 Å². The first-order chi connectivity index (χ1) is 14.1. The molecule has 0 fully saturated rings. The molecule has 0 atom stereocenters. The molecule has 0 spiro atoms. The van der Waals surface area contributed by atoms with Gasteiger partial charge in [0.05, 0.1) is 0 Å². The summed E-state index contributed by atoms with van der Waals surface area (Å²) in [6.07, 6.45) is 0. The molecular formula is C22H19N3O3S. The molecule has 0 aliphatic heterocycles. The number of carbonyl (C=O) groups excluding carboxylic acids is 2. The third-order valence-corrected chi connectivity index (χ3v) is 3.98. The van der Waals surface area contributed by atoms with Crippen LogP contribution >= 0.6 is 12.2 Å². The molecule has 3 rings (SSSR count). The Morgan fingerprint density at radius 2 is 1.41 bits per heavy atom. The molecule has 6 nitrogen and oxygen atoms in total. The third kappa shape index (κ3) is 6.44. The molecule has 146 valence electrons. The molecule has 3 aromatic carbocycles. The molecule has 0 aromatic heterocycles. The summed E-state index contributed by atoms with van der Waals surface area (Å²) in [5.41, 5.74) is 1.72. The Morgan fingerprint density at radius 1 is 0.793 bits per heavy atom.